The van der Waals surface area contributed by atoms with Crippen molar-refractivity contribution in [3.05, 3.63) is 40.5 Å². The van der Waals surface area contributed by atoms with Crippen LogP contribution >= 0.6 is 0 Å². The van der Waals surface area contributed by atoms with E-state index in [-0.39, 0.29) is 40.9 Å². The predicted octanol–water partition coefficient (Wildman–Crippen LogP) is -0.800. The molecule has 0 aliphatic carbocycles. The minimum absolute atomic E-state index is 0.0245. The largest absolute Gasteiger partial charge is 0.398 e. The molecule has 0 atom stereocenters. The van der Waals surface area contributed by atoms with Crippen LogP contribution < -0.4 is 17.2 Å². The molecule has 0 saturated heterocycles. The quantitative estimate of drug-likeness (QED) is 0.288. The summed E-state index contributed by atoms with van der Waals surface area (Å²) in [4.78, 5) is 19.4. The molecular formula is C15H19N9O2. The predicted molar refractivity (Wildman–Crippen MR) is 96.4 cm³/mol. The zero-order valence-electron chi connectivity index (χ0n) is 14.0. The summed E-state index contributed by atoms with van der Waals surface area (Å²) < 4.78 is 1.49. The number of nitrogens with one attached hydrogen (secondary N) is 2. The molecule has 0 saturated carbocycles. The number of nitrogens with zero attached hydrogens (tertiary/aromatic N) is 4. The Labute approximate surface area is 148 Å². The molecule has 1 amide bonds. The first-order chi connectivity index (χ1) is 12.3. The number of amides is 1. The number of carbonyl (C=O) groups is 1. The average Bonchev–Trinajstić information content (AvgIpc) is 3.04. The van der Waals surface area contributed by atoms with Crippen molar-refractivity contribution in [3.63, 3.8) is 0 Å². The van der Waals surface area contributed by atoms with Crippen molar-refractivity contribution in [2.24, 2.45) is 16.5 Å². The molecule has 0 radical (unpaired) electrons. The molecule has 0 aliphatic rings. The van der Waals surface area contributed by atoms with E-state index in [0.717, 1.165) is 6.21 Å². The van der Waals surface area contributed by atoms with E-state index in [0.29, 0.717) is 17.9 Å². The number of carbonyl (C=O) groups excluding carboxylic acids is 1. The van der Waals surface area contributed by atoms with Crippen LogP contribution in [0, 0.1) is 10.8 Å². The van der Waals surface area contributed by atoms with Crippen molar-refractivity contribution in [2.75, 3.05) is 5.73 Å². The number of nitrogen functional groups attached to an aromatic ring is 1. The Morgan fingerprint density at radius 2 is 2.12 bits per heavy atom. The number of aliphatic hydroxyl groups is 1. The Morgan fingerprint density at radius 1 is 1.42 bits per heavy atom. The van der Waals surface area contributed by atoms with Gasteiger partial charge in [0, 0.05) is 24.0 Å². The van der Waals surface area contributed by atoms with Crippen molar-refractivity contribution in [1.29, 1.82) is 10.8 Å². The third kappa shape index (κ3) is 3.57. The molecule has 11 nitrogen and oxygen atoms in total. The Morgan fingerprint density at radius 3 is 2.65 bits per heavy atom. The minimum atomic E-state index is -0.811. The van der Waals surface area contributed by atoms with Crippen molar-refractivity contribution in [3.8, 4) is 0 Å². The summed E-state index contributed by atoms with van der Waals surface area (Å²) in [5, 5.41) is 28.9. The fraction of sp³-hybridized carbons (Fsp3) is 0.200. The lowest BCUT2D eigenvalue weighted by Gasteiger charge is -2.09. The van der Waals surface area contributed by atoms with Crippen LogP contribution in [0.5, 0.6) is 0 Å². The molecule has 0 aliphatic heterocycles. The monoisotopic (exact) mass is 357 g/mol. The van der Waals surface area contributed by atoms with E-state index in [9.17, 15) is 9.90 Å². The first kappa shape index (κ1) is 18.7. The second kappa shape index (κ2) is 7.53. The number of nitrogens with two attached hydrogens (primary N) is 3. The van der Waals surface area contributed by atoms with E-state index in [4.69, 9.17) is 28.0 Å². The van der Waals surface area contributed by atoms with Crippen molar-refractivity contribution < 1.29 is 9.90 Å². The van der Waals surface area contributed by atoms with Gasteiger partial charge in [0.25, 0.3) is 5.91 Å². The van der Waals surface area contributed by atoms with Crippen LogP contribution in [-0.2, 0) is 13.2 Å². The highest BCUT2D eigenvalue weighted by Crippen LogP contribution is 2.16. The summed E-state index contributed by atoms with van der Waals surface area (Å²) in [5.74, 6) is -1.25. The topological polar surface area (TPSA) is 206 Å². The maximum Gasteiger partial charge on any atom is 0.267 e. The van der Waals surface area contributed by atoms with Gasteiger partial charge in [-0.1, -0.05) is 0 Å². The third-order valence-electron chi connectivity index (χ3n) is 3.50. The number of hydrogen-bond donors (Lipinski definition) is 6. The highest BCUT2D eigenvalue weighted by molar-refractivity contribution is 6.12. The molecule has 2 aromatic rings. The molecule has 26 heavy (non-hydrogen) atoms. The highest BCUT2D eigenvalue weighted by Gasteiger charge is 2.17. The summed E-state index contributed by atoms with van der Waals surface area (Å²) in [5.41, 5.74) is 17.8. The lowest BCUT2D eigenvalue weighted by atomic mass is 10.1. The van der Waals surface area contributed by atoms with Gasteiger partial charge in [-0.25, -0.2) is 9.98 Å². The van der Waals surface area contributed by atoms with Crippen LogP contribution in [0.15, 0.2) is 17.1 Å². The number of amidine groups is 2. The van der Waals surface area contributed by atoms with Gasteiger partial charge in [0.1, 0.15) is 17.1 Å². The zero-order valence-corrected chi connectivity index (χ0v) is 14.0. The van der Waals surface area contributed by atoms with Crippen LogP contribution in [0.4, 0.5) is 5.69 Å². The number of primary amides is 1. The number of aliphatic hydroxyl groups excluding tert-OH is 1. The van der Waals surface area contributed by atoms with E-state index in [1.54, 1.807) is 0 Å². The summed E-state index contributed by atoms with van der Waals surface area (Å²) in [7, 11) is 0. The Kier molecular flexibility index (Phi) is 5.42. The maximum atomic E-state index is 11.4. The SMILES string of the molecule is CCn1nc(CO)cc1C(=N)/N=C(\N)c1nc(C(N)=O)cc(N)c1C=N. The molecule has 0 bridgehead atoms. The first-order valence-electron chi connectivity index (χ1n) is 7.54. The molecule has 0 spiro atoms. The fourth-order valence-electron chi connectivity index (χ4n) is 2.26. The Balaban J connectivity index is 2.52. The fourth-order valence-corrected chi connectivity index (χ4v) is 2.26. The summed E-state index contributed by atoms with van der Waals surface area (Å²) >= 11 is 0. The van der Waals surface area contributed by atoms with E-state index in [1.807, 2.05) is 6.92 Å². The van der Waals surface area contributed by atoms with Gasteiger partial charge in [-0.15, -0.1) is 0 Å². The molecule has 2 aromatic heterocycles. The average molecular weight is 357 g/mol. The Bertz CT molecular complexity index is 914. The molecular weight excluding hydrogens is 338 g/mol. The molecule has 136 valence electrons. The van der Waals surface area contributed by atoms with Crippen LogP contribution in [-0.4, -0.2) is 43.7 Å². The molecule has 11 heteroatoms. The van der Waals surface area contributed by atoms with Crippen LogP contribution in [0.2, 0.25) is 0 Å². The minimum Gasteiger partial charge on any atom is -0.398 e. The summed E-state index contributed by atoms with van der Waals surface area (Å²) in [6.07, 6.45) is 0.925. The third-order valence-corrected chi connectivity index (χ3v) is 3.50. The normalized spacial score (nSPS) is 11.4. The molecule has 2 rings (SSSR count). The molecule has 2 heterocycles. The first-order valence-corrected chi connectivity index (χ1v) is 7.54. The van der Waals surface area contributed by atoms with Gasteiger partial charge in [-0.3, -0.25) is 14.9 Å². The van der Waals surface area contributed by atoms with Gasteiger partial charge < -0.3 is 27.7 Å². The van der Waals surface area contributed by atoms with E-state index < -0.39 is 5.91 Å². The number of hydrogen-bond acceptors (Lipinski definition) is 7. The van der Waals surface area contributed by atoms with Crippen molar-refractivity contribution >= 4 is 29.5 Å². The van der Waals surface area contributed by atoms with Gasteiger partial charge in [0.2, 0.25) is 0 Å². The Hall–Kier alpha value is -3.60. The second-order valence-corrected chi connectivity index (χ2v) is 5.21. The van der Waals surface area contributed by atoms with E-state index in [1.165, 1.54) is 16.8 Å². The number of aromatic nitrogens is 3. The maximum absolute atomic E-state index is 11.4. The summed E-state index contributed by atoms with van der Waals surface area (Å²) in [6.45, 7) is 2.01. The van der Waals surface area contributed by atoms with Crippen LogP contribution in [0.3, 0.4) is 0 Å². The standard InChI is InChI=1S/C15H19N9O2/c1-2-24-11(3-7(6-25)23-24)13(18)22-14(19)12-8(5-16)9(17)4-10(21-12)15(20)26/h3-5,16,25H,2,6H2,1H3,(H2,17,21)(H2,20,26)(H3,18,19,22). The van der Waals surface area contributed by atoms with Crippen LogP contribution in [0.1, 0.15) is 40.1 Å². The van der Waals surface area contributed by atoms with Gasteiger partial charge in [0.15, 0.2) is 11.7 Å². The smallest absolute Gasteiger partial charge is 0.267 e. The highest BCUT2D eigenvalue weighted by atomic mass is 16.3. The summed E-state index contributed by atoms with van der Waals surface area (Å²) in [6, 6.07) is 2.76. The van der Waals surface area contributed by atoms with E-state index in [2.05, 4.69) is 15.1 Å². The van der Waals surface area contributed by atoms with Crippen molar-refractivity contribution in [2.45, 2.75) is 20.1 Å². The zero-order chi connectivity index (χ0) is 19.4. The molecule has 0 unspecified atom stereocenters. The second-order valence-electron chi connectivity index (χ2n) is 5.21. The number of anilines is 1. The van der Waals surface area contributed by atoms with Gasteiger partial charge in [-0.05, 0) is 19.1 Å². The number of pyridine rings is 1. The van der Waals surface area contributed by atoms with Crippen molar-refractivity contribution in [1.82, 2.24) is 14.8 Å². The van der Waals surface area contributed by atoms with Gasteiger partial charge >= 0.3 is 0 Å². The lowest BCUT2D eigenvalue weighted by molar-refractivity contribution is 0.0995. The van der Waals surface area contributed by atoms with Gasteiger partial charge in [0.05, 0.1) is 12.3 Å². The molecule has 0 fully saturated rings. The lowest BCUT2D eigenvalue weighted by Crippen LogP contribution is -2.24. The molecule has 0 aromatic carbocycles. The number of aliphatic imine (C=N–C) groups is 1. The molecule has 9 N–H and O–H groups in total. The van der Waals surface area contributed by atoms with Gasteiger partial charge in [-0.2, -0.15) is 5.10 Å². The van der Waals surface area contributed by atoms with Crippen LogP contribution in [0.25, 0.3) is 0 Å². The number of rotatable bonds is 6. The number of aryl methyl sites for hydroxylation is 1. The van der Waals surface area contributed by atoms with E-state index >= 15 is 0 Å².